The number of benzene rings is 1. The van der Waals surface area contributed by atoms with Crippen LogP contribution in [0.3, 0.4) is 0 Å². The number of hydrogen-bond acceptors (Lipinski definition) is 5. The van der Waals surface area contributed by atoms with Gasteiger partial charge in [0.25, 0.3) is 5.91 Å². The Balaban J connectivity index is 1.70. The number of carbonyl (C=O) groups excluding carboxylic acids is 1. The molecule has 1 unspecified atom stereocenters. The maximum absolute atomic E-state index is 12.6. The summed E-state index contributed by atoms with van der Waals surface area (Å²) in [6, 6.07) is 10.9. The number of hydrogen-bond donors (Lipinski definition) is 2. The van der Waals surface area contributed by atoms with Crippen molar-refractivity contribution in [3.63, 3.8) is 0 Å². The zero-order valence-corrected chi connectivity index (χ0v) is 17.6. The zero-order chi connectivity index (χ0) is 20.1. The van der Waals surface area contributed by atoms with Gasteiger partial charge < -0.3 is 11.1 Å². The summed E-state index contributed by atoms with van der Waals surface area (Å²) in [5.74, 6) is 0.212. The maximum Gasteiger partial charge on any atom is 0.261 e. The first-order valence-electron chi connectivity index (χ1n) is 8.89. The standard InChI is InChI=1S/C20H20Cl2N4OS/c1-2-3-12(14-5-4-13(21)10-15(14)22)11-25-19(27)18-7-6-17(28-18)16-8-9-24-20(23)26-16/h4-10,12H,2-3,11H2,1H3,(H,25,27)(H2,23,24,26). The van der Waals surface area contributed by atoms with Crippen molar-refractivity contribution in [2.75, 3.05) is 12.3 Å². The second kappa shape index (κ2) is 9.37. The fourth-order valence-electron chi connectivity index (χ4n) is 2.96. The summed E-state index contributed by atoms with van der Waals surface area (Å²) >= 11 is 13.7. The molecule has 0 bridgehead atoms. The highest BCUT2D eigenvalue weighted by atomic mass is 35.5. The van der Waals surface area contributed by atoms with Crippen LogP contribution in [0.4, 0.5) is 5.95 Å². The SMILES string of the molecule is CCCC(CNC(=O)c1ccc(-c2ccnc(N)n2)s1)c1ccc(Cl)cc1Cl. The van der Waals surface area contributed by atoms with E-state index < -0.39 is 0 Å². The van der Waals surface area contributed by atoms with Crippen molar-refractivity contribution < 1.29 is 4.79 Å². The summed E-state index contributed by atoms with van der Waals surface area (Å²) in [5, 5.41) is 4.25. The van der Waals surface area contributed by atoms with E-state index in [2.05, 4.69) is 22.2 Å². The lowest BCUT2D eigenvalue weighted by molar-refractivity contribution is 0.0954. The number of thiophene rings is 1. The Morgan fingerprint density at radius 3 is 2.79 bits per heavy atom. The maximum atomic E-state index is 12.6. The molecule has 2 heterocycles. The summed E-state index contributed by atoms with van der Waals surface area (Å²) in [4.78, 5) is 22.2. The van der Waals surface area contributed by atoms with Crippen LogP contribution in [0.1, 0.15) is 40.9 Å². The van der Waals surface area contributed by atoms with Crippen molar-refractivity contribution in [2.45, 2.75) is 25.7 Å². The number of carbonyl (C=O) groups is 1. The molecule has 0 aliphatic heterocycles. The van der Waals surface area contributed by atoms with E-state index in [1.54, 1.807) is 24.4 Å². The van der Waals surface area contributed by atoms with E-state index in [1.165, 1.54) is 11.3 Å². The van der Waals surface area contributed by atoms with Crippen LogP contribution in [0, 0.1) is 0 Å². The third kappa shape index (κ3) is 5.01. The Morgan fingerprint density at radius 2 is 2.07 bits per heavy atom. The smallest absolute Gasteiger partial charge is 0.261 e. The second-order valence-corrected chi connectivity index (χ2v) is 8.25. The molecule has 146 valence electrons. The monoisotopic (exact) mass is 434 g/mol. The van der Waals surface area contributed by atoms with Gasteiger partial charge in [0.2, 0.25) is 5.95 Å². The topological polar surface area (TPSA) is 80.9 Å². The van der Waals surface area contributed by atoms with E-state index in [0.717, 1.165) is 23.3 Å². The molecule has 1 aromatic carbocycles. The number of aromatic nitrogens is 2. The van der Waals surface area contributed by atoms with Crippen molar-refractivity contribution >= 4 is 46.4 Å². The molecular weight excluding hydrogens is 415 g/mol. The largest absolute Gasteiger partial charge is 0.368 e. The van der Waals surface area contributed by atoms with Crippen molar-refractivity contribution in [3.8, 4) is 10.6 Å². The van der Waals surface area contributed by atoms with Crippen molar-refractivity contribution in [3.05, 3.63) is 63.1 Å². The average molecular weight is 435 g/mol. The van der Waals surface area contributed by atoms with Crippen molar-refractivity contribution in [1.82, 2.24) is 15.3 Å². The highest BCUT2D eigenvalue weighted by Gasteiger charge is 2.17. The van der Waals surface area contributed by atoms with E-state index in [0.29, 0.717) is 27.2 Å². The predicted octanol–water partition coefficient (Wildman–Crippen LogP) is 5.41. The molecule has 0 saturated heterocycles. The molecule has 0 spiro atoms. The summed E-state index contributed by atoms with van der Waals surface area (Å²) in [6.45, 7) is 2.61. The van der Waals surface area contributed by atoms with Gasteiger partial charge in [-0.1, -0.05) is 42.6 Å². The van der Waals surface area contributed by atoms with Crippen LogP contribution in [0.25, 0.3) is 10.6 Å². The lowest BCUT2D eigenvalue weighted by Gasteiger charge is -2.18. The van der Waals surface area contributed by atoms with Gasteiger partial charge in [-0.2, -0.15) is 0 Å². The van der Waals surface area contributed by atoms with Gasteiger partial charge >= 0.3 is 0 Å². The fraction of sp³-hybridized carbons (Fsp3) is 0.250. The van der Waals surface area contributed by atoms with Gasteiger partial charge in [-0.15, -0.1) is 11.3 Å². The lowest BCUT2D eigenvalue weighted by atomic mass is 9.94. The summed E-state index contributed by atoms with van der Waals surface area (Å²) in [7, 11) is 0. The average Bonchev–Trinajstić information content (AvgIpc) is 3.16. The Morgan fingerprint density at radius 1 is 1.25 bits per heavy atom. The number of nitrogens with two attached hydrogens (primary N) is 1. The number of nitrogens with one attached hydrogen (secondary N) is 1. The molecule has 2 aromatic heterocycles. The van der Waals surface area contributed by atoms with Crippen LogP contribution >= 0.6 is 34.5 Å². The van der Waals surface area contributed by atoms with Crippen LogP contribution in [-0.4, -0.2) is 22.4 Å². The summed E-state index contributed by atoms with van der Waals surface area (Å²) in [6.07, 6.45) is 3.50. The number of amides is 1. The molecule has 1 atom stereocenters. The van der Waals surface area contributed by atoms with Crippen LogP contribution < -0.4 is 11.1 Å². The fourth-order valence-corrected chi connectivity index (χ4v) is 4.42. The molecule has 8 heteroatoms. The Labute approximate surface area is 177 Å². The molecule has 3 N–H and O–H groups in total. The highest BCUT2D eigenvalue weighted by Crippen LogP contribution is 2.31. The molecule has 0 fully saturated rings. The molecule has 0 aliphatic rings. The van der Waals surface area contributed by atoms with Gasteiger partial charge in [0.05, 0.1) is 15.4 Å². The number of nitrogens with zero attached hydrogens (tertiary/aromatic N) is 2. The molecule has 3 aromatic rings. The quantitative estimate of drug-likeness (QED) is 0.520. The van der Waals surface area contributed by atoms with Gasteiger partial charge in [-0.05, 0) is 42.3 Å². The molecule has 3 rings (SSSR count). The first-order chi connectivity index (χ1) is 13.5. The molecule has 5 nitrogen and oxygen atoms in total. The van der Waals surface area contributed by atoms with Gasteiger partial charge in [0.15, 0.2) is 0 Å². The minimum Gasteiger partial charge on any atom is -0.368 e. The normalized spacial score (nSPS) is 12.0. The molecule has 1 amide bonds. The van der Waals surface area contributed by atoms with E-state index in [9.17, 15) is 4.79 Å². The number of rotatable bonds is 7. The number of anilines is 1. The van der Waals surface area contributed by atoms with E-state index in [4.69, 9.17) is 28.9 Å². The van der Waals surface area contributed by atoms with Gasteiger partial charge in [-0.25, -0.2) is 9.97 Å². The van der Waals surface area contributed by atoms with E-state index >= 15 is 0 Å². The van der Waals surface area contributed by atoms with E-state index in [1.807, 2.05) is 18.2 Å². The molecular formula is C20H20Cl2N4OS. The van der Waals surface area contributed by atoms with Gasteiger partial charge in [0, 0.05) is 28.7 Å². The molecule has 0 radical (unpaired) electrons. The minimum atomic E-state index is -0.121. The summed E-state index contributed by atoms with van der Waals surface area (Å²) in [5.41, 5.74) is 7.33. The highest BCUT2D eigenvalue weighted by molar-refractivity contribution is 7.17. The Bertz CT molecular complexity index is 976. The van der Waals surface area contributed by atoms with Crippen molar-refractivity contribution in [1.29, 1.82) is 0 Å². The molecule has 0 aliphatic carbocycles. The summed E-state index contributed by atoms with van der Waals surface area (Å²) < 4.78 is 0. The Kier molecular flexibility index (Phi) is 6.88. The van der Waals surface area contributed by atoms with Crippen molar-refractivity contribution in [2.24, 2.45) is 0 Å². The first-order valence-corrected chi connectivity index (χ1v) is 10.5. The number of halogens is 2. The van der Waals surface area contributed by atoms with Gasteiger partial charge in [0.1, 0.15) is 0 Å². The molecule has 28 heavy (non-hydrogen) atoms. The number of nitrogen functional groups attached to an aromatic ring is 1. The Hall–Kier alpha value is -2.15. The van der Waals surface area contributed by atoms with Crippen LogP contribution in [0.2, 0.25) is 10.0 Å². The van der Waals surface area contributed by atoms with E-state index in [-0.39, 0.29) is 17.8 Å². The van der Waals surface area contributed by atoms with Crippen LogP contribution in [0.5, 0.6) is 0 Å². The zero-order valence-electron chi connectivity index (χ0n) is 15.3. The molecule has 0 saturated carbocycles. The van der Waals surface area contributed by atoms with Crippen LogP contribution in [-0.2, 0) is 0 Å². The first kappa shape index (κ1) is 20.6. The minimum absolute atomic E-state index is 0.121. The second-order valence-electron chi connectivity index (χ2n) is 6.33. The third-order valence-electron chi connectivity index (χ3n) is 4.30. The lowest BCUT2D eigenvalue weighted by Crippen LogP contribution is -2.28. The predicted molar refractivity (Wildman–Crippen MR) is 116 cm³/mol. The van der Waals surface area contributed by atoms with Gasteiger partial charge in [-0.3, -0.25) is 4.79 Å². The van der Waals surface area contributed by atoms with Crippen LogP contribution in [0.15, 0.2) is 42.6 Å². The third-order valence-corrected chi connectivity index (χ3v) is 5.97.